The van der Waals surface area contributed by atoms with Crippen LogP contribution in [0.5, 0.6) is 0 Å². The average Bonchev–Trinajstić information content (AvgIpc) is 2.50. The molecular formula is C10H12ClN5. The maximum atomic E-state index is 5.96. The molecule has 84 valence electrons. The van der Waals surface area contributed by atoms with E-state index < -0.39 is 0 Å². The van der Waals surface area contributed by atoms with Gasteiger partial charge in [0.2, 0.25) is 0 Å². The first-order valence-electron chi connectivity index (χ1n) is 4.82. The zero-order valence-electron chi connectivity index (χ0n) is 9.32. The quantitative estimate of drug-likeness (QED) is 0.822. The summed E-state index contributed by atoms with van der Waals surface area (Å²) in [4.78, 5) is 8.48. The molecule has 0 fully saturated rings. The van der Waals surface area contributed by atoms with E-state index in [4.69, 9.17) is 17.3 Å². The van der Waals surface area contributed by atoms with E-state index in [-0.39, 0.29) is 0 Å². The fourth-order valence-electron chi connectivity index (χ4n) is 1.30. The molecule has 2 rings (SSSR count). The second-order valence-corrected chi connectivity index (χ2v) is 4.01. The molecule has 0 saturated carbocycles. The molecule has 16 heavy (non-hydrogen) atoms. The highest BCUT2D eigenvalue weighted by Gasteiger charge is 2.13. The Kier molecular flexibility index (Phi) is 2.55. The van der Waals surface area contributed by atoms with Crippen molar-refractivity contribution in [2.75, 3.05) is 5.73 Å². The van der Waals surface area contributed by atoms with Gasteiger partial charge in [0.15, 0.2) is 0 Å². The van der Waals surface area contributed by atoms with Crippen LogP contribution in [0.2, 0.25) is 5.02 Å². The number of nitrogen functional groups attached to an aromatic ring is 1. The molecule has 0 atom stereocenters. The van der Waals surface area contributed by atoms with Crippen molar-refractivity contribution < 1.29 is 0 Å². The lowest BCUT2D eigenvalue weighted by atomic mass is 10.3. The third kappa shape index (κ3) is 1.63. The summed E-state index contributed by atoms with van der Waals surface area (Å²) < 4.78 is 1.45. The largest absolute Gasteiger partial charge is 0.382 e. The SMILES string of the molecule is Cc1cnc(-n2nc(C)c(Cl)c2N)nc1C. The van der Waals surface area contributed by atoms with E-state index in [1.807, 2.05) is 13.8 Å². The Morgan fingerprint density at radius 3 is 2.44 bits per heavy atom. The summed E-state index contributed by atoms with van der Waals surface area (Å²) in [5, 5.41) is 4.63. The summed E-state index contributed by atoms with van der Waals surface area (Å²) in [5.41, 5.74) is 8.40. The fourth-order valence-corrected chi connectivity index (χ4v) is 1.41. The van der Waals surface area contributed by atoms with Crippen LogP contribution >= 0.6 is 11.6 Å². The third-order valence-electron chi connectivity index (χ3n) is 2.42. The van der Waals surface area contributed by atoms with Gasteiger partial charge < -0.3 is 5.73 Å². The van der Waals surface area contributed by atoms with Crippen molar-refractivity contribution >= 4 is 17.4 Å². The summed E-state index contributed by atoms with van der Waals surface area (Å²) in [6, 6.07) is 0. The Hall–Kier alpha value is -1.62. The van der Waals surface area contributed by atoms with Gasteiger partial charge in [-0.1, -0.05) is 11.6 Å². The number of hydrogen-bond acceptors (Lipinski definition) is 4. The molecule has 2 aromatic rings. The van der Waals surface area contributed by atoms with E-state index in [1.54, 1.807) is 13.1 Å². The minimum atomic E-state index is 0.363. The van der Waals surface area contributed by atoms with Crippen molar-refractivity contribution in [1.29, 1.82) is 0 Å². The molecule has 0 radical (unpaired) electrons. The molecular weight excluding hydrogens is 226 g/mol. The van der Waals surface area contributed by atoms with Gasteiger partial charge in [0, 0.05) is 11.9 Å². The molecule has 0 aromatic carbocycles. The van der Waals surface area contributed by atoms with Crippen molar-refractivity contribution in [1.82, 2.24) is 19.7 Å². The molecule has 0 bridgehead atoms. The maximum absolute atomic E-state index is 5.96. The van der Waals surface area contributed by atoms with Crippen molar-refractivity contribution in [3.05, 3.63) is 28.2 Å². The summed E-state index contributed by atoms with van der Waals surface area (Å²) >= 11 is 5.96. The summed E-state index contributed by atoms with van der Waals surface area (Å²) in [7, 11) is 0. The molecule has 0 spiro atoms. The highest BCUT2D eigenvalue weighted by Crippen LogP contribution is 2.23. The van der Waals surface area contributed by atoms with Crippen LogP contribution in [0.25, 0.3) is 5.95 Å². The van der Waals surface area contributed by atoms with E-state index in [0.717, 1.165) is 11.3 Å². The number of aryl methyl sites for hydroxylation is 3. The third-order valence-corrected chi connectivity index (χ3v) is 2.89. The first-order chi connectivity index (χ1) is 7.50. The molecule has 2 heterocycles. The van der Waals surface area contributed by atoms with Crippen LogP contribution in [-0.4, -0.2) is 19.7 Å². The number of nitrogens with two attached hydrogens (primary N) is 1. The lowest BCUT2D eigenvalue weighted by Crippen LogP contribution is -2.08. The first-order valence-corrected chi connectivity index (χ1v) is 5.19. The van der Waals surface area contributed by atoms with Crippen LogP contribution in [0.15, 0.2) is 6.20 Å². The number of aromatic nitrogens is 4. The highest BCUT2D eigenvalue weighted by atomic mass is 35.5. The first kappa shape index (κ1) is 10.9. The molecule has 2 aromatic heterocycles. The molecule has 0 unspecified atom stereocenters. The van der Waals surface area contributed by atoms with Crippen LogP contribution in [0.4, 0.5) is 5.82 Å². The van der Waals surface area contributed by atoms with E-state index in [1.165, 1.54) is 4.68 Å². The number of hydrogen-bond donors (Lipinski definition) is 1. The lowest BCUT2D eigenvalue weighted by Gasteiger charge is -2.04. The van der Waals surface area contributed by atoms with Crippen LogP contribution < -0.4 is 5.73 Å². The fraction of sp³-hybridized carbons (Fsp3) is 0.300. The van der Waals surface area contributed by atoms with Gasteiger partial charge in [-0.05, 0) is 26.3 Å². The van der Waals surface area contributed by atoms with Gasteiger partial charge in [-0.3, -0.25) is 0 Å². The zero-order chi connectivity index (χ0) is 11.9. The van der Waals surface area contributed by atoms with Gasteiger partial charge in [0.05, 0.1) is 5.69 Å². The average molecular weight is 238 g/mol. The Morgan fingerprint density at radius 1 is 1.25 bits per heavy atom. The zero-order valence-corrected chi connectivity index (χ0v) is 10.1. The summed E-state index contributed by atoms with van der Waals surface area (Å²) in [6.07, 6.45) is 1.74. The van der Waals surface area contributed by atoms with Gasteiger partial charge >= 0.3 is 0 Å². The van der Waals surface area contributed by atoms with E-state index in [9.17, 15) is 0 Å². The Balaban J connectivity index is 2.59. The molecule has 5 nitrogen and oxygen atoms in total. The van der Waals surface area contributed by atoms with Crippen molar-refractivity contribution in [3.63, 3.8) is 0 Å². The van der Waals surface area contributed by atoms with Gasteiger partial charge in [-0.15, -0.1) is 0 Å². The topological polar surface area (TPSA) is 69.6 Å². The minimum Gasteiger partial charge on any atom is -0.382 e. The Bertz CT molecular complexity index is 546. The predicted molar refractivity (Wildman–Crippen MR) is 62.8 cm³/mol. The second-order valence-electron chi connectivity index (χ2n) is 3.63. The van der Waals surface area contributed by atoms with Gasteiger partial charge in [-0.2, -0.15) is 9.78 Å². The molecule has 0 aliphatic heterocycles. The highest BCUT2D eigenvalue weighted by molar-refractivity contribution is 6.33. The number of nitrogens with zero attached hydrogens (tertiary/aromatic N) is 4. The smallest absolute Gasteiger partial charge is 0.252 e. The van der Waals surface area contributed by atoms with Crippen molar-refractivity contribution in [3.8, 4) is 5.95 Å². The van der Waals surface area contributed by atoms with E-state index in [2.05, 4.69) is 15.1 Å². The van der Waals surface area contributed by atoms with Gasteiger partial charge in [0.25, 0.3) is 5.95 Å². The molecule has 6 heteroatoms. The van der Waals surface area contributed by atoms with Crippen LogP contribution in [0.1, 0.15) is 17.0 Å². The molecule has 0 aliphatic carbocycles. The predicted octanol–water partition coefficient (Wildman–Crippen LogP) is 1.82. The Labute approximate surface area is 98.3 Å². The summed E-state index contributed by atoms with van der Waals surface area (Å²) in [5.74, 6) is 0.804. The normalized spacial score (nSPS) is 10.8. The standard InChI is InChI=1S/C10H12ClN5/c1-5-4-13-10(14-6(5)2)16-9(12)8(11)7(3)15-16/h4H,12H2,1-3H3. The van der Waals surface area contributed by atoms with E-state index in [0.29, 0.717) is 22.5 Å². The monoisotopic (exact) mass is 237 g/mol. The van der Waals surface area contributed by atoms with Gasteiger partial charge in [0.1, 0.15) is 10.8 Å². The lowest BCUT2D eigenvalue weighted by molar-refractivity contribution is 0.795. The van der Waals surface area contributed by atoms with Crippen molar-refractivity contribution in [2.24, 2.45) is 0 Å². The van der Waals surface area contributed by atoms with Crippen LogP contribution in [0, 0.1) is 20.8 Å². The second kappa shape index (κ2) is 3.75. The van der Waals surface area contributed by atoms with Crippen LogP contribution in [-0.2, 0) is 0 Å². The summed E-state index contributed by atoms with van der Waals surface area (Å²) in [6.45, 7) is 5.65. The van der Waals surface area contributed by atoms with Crippen LogP contribution in [0.3, 0.4) is 0 Å². The Morgan fingerprint density at radius 2 is 1.94 bits per heavy atom. The molecule has 2 N–H and O–H groups in total. The number of halogens is 1. The maximum Gasteiger partial charge on any atom is 0.252 e. The van der Waals surface area contributed by atoms with Gasteiger partial charge in [-0.25, -0.2) is 9.97 Å². The number of rotatable bonds is 1. The molecule has 0 saturated heterocycles. The molecule has 0 amide bonds. The molecule has 0 aliphatic rings. The van der Waals surface area contributed by atoms with Crippen molar-refractivity contribution in [2.45, 2.75) is 20.8 Å². The minimum absolute atomic E-state index is 0.363. The van der Waals surface area contributed by atoms with E-state index >= 15 is 0 Å². The number of anilines is 1.